The first-order valence-corrected chi connectivity index (χ1v) is 3.82. The van der Waals surface area contributed by atoms with E-state index in [2.05, 4.69) is 12.6 Å². The van der Waals surface area contributed by atoms with E-state index in [1.165, 1.54) is 12.1 Å². The topological polar surface area (TPSA) is 43.1 Å². The van der Waals surface area contributed by atoms with E-state index in [-0.39, 0.29) is 11.4 Å². The van der Waals surface area contributed by atoms with Gasteiger partial charge in [0.15, 0.2) is 0 Å². The summed E-state index contributed by atoms with van der Waals surface area (Å²) in [6, 6.07) is 3.51. The zero-order valence-electron chi connectivity index (χ0n) is 6.03. The number of halogens is 1. The van der Waals surface area contributed by atoms with Crippen molar-refractivity contribution < 1.29 is 9.31 Å². The summed E-state index contributed by atoms with van der Waals surface area (Å²) < 4.78 is 12.9. The summed E-state index contributed by atoms with van der Waals surface area (Å²) in [6.45, 7) is 0. The molecule has 0 bridgehead atoms. The molecule has 1 aromatic carbocycles. The van der Waals surface area contributed by atoms with Gasteiger partial charge in [-0.3, -0.25) is 10.1 Å². The van der Waals surface area contributed by atoms with Crippen LogP contribution in [0.25, 0.3) is 0 Å². The summed E-state index contributed by atoms with van der Waals surface area (Å²) in [5, 5.41) is 10.2. The van der Waals surface area contributed by atoms with E-state index in [1.807, 2.05) is 0 Å². The minimum atomic E-state index is -0.634. The van der Waals surface area contributed by atoms with Crippen LogP contribution in [0.5, 0.6) is 0 Å². The minimum absolute atomic E-state index is 0.238. The van der Waals surface area contributed by atoms with Crippen molar-refractivity contribution in [1.82, 2.24) is 0 Å². The normalized spacial score (nSPS) is 9.83. The SMILES string of the molecule is O=[N+]([O-])c1ccc(CS)c(F)c1. The van der Waals surface area contributed by atoms with Crippen LogP contribution < -0.4 is 0 Å². The first-order valence-electron chi connectivity index (χ1n) is 3.19. The van der Waals surface area contributed by atoms with Gasteiger partial charge in [-0.2, -0.15) is 12.6 Å². The minimum Gasteiger partial charge on any atom is -0.258 e. The Morgan fingerprint density at radius 3 is 2.67 bits per heavy atom. The number of benzene rings is 1. The van der Waals surface area contributed by atoms with Crippen LogP contribution in [0.4, 0.5) is 10.1 Å². The van der Waals surface area contributed by atoms with Crippen LogP contribution in [0.15, 0.2) is 18.2 Å². The second kappa shape index (κ2) is 3.53. The molecule has 0 spiro atoms. The molecule has 0 radical (unpaired) electrons. The predicted octanol–water partition coefficient (Wildman–Crippen LogP) is 2.16. The van der Waals surface area contributed by atoms with E-state index >= 15 is 0 Å². The molecular formula is C7H6FNO2S. The van der Waals surface area contributed by atoms with Crippen molar-refractivity contribution in [3.05, 3.63) is 39.7 Å². The first kappa shape index (κ1) is 8.99. The maximum atomic E-state index is 12.9. The number of hydrogen-bond acceptors (Lipinski definition) is 3. The zero-order valence-corrected chi connectivity index (χ0v) is 6.92. The van der Waals surface area contributed by atoms with Crippen molar-refractivity contribution in [3.63, 3.8) is 0 Å². The number of rotatable bonds is 2. The lowest BCUT2D eigenvalue weighted by atomic mass is 10.2. The highest BCUT2D eigenvalue weighted by Gasteiger charge is 2.08. The van der Waals surface area contributed by atoms with Gasteiger partial charge in [-0.05, 0) is 11.6 Å². The summed E-state index contributed by atoms with van der Waals surface area (Å²) in [4.78, 5) is 9.54. The Kier molecular flexibility index (Phi) is 2.65. The van der Waals surface area contributed by atoms with Crippen LogP contribution in [0.3, 0.4) is 0 Å². The average molecular weight is 187 g/mol. The van der Waals surface area contributed by atoms with Crippen molar-refractivity contribution in [3.8, 4) is 0 Å². The van der Waals surface area contributed by atoms with Gasteiger partial charge in [0.2, 0.25) is 0 Å². The number of non-ortho nitro benzene ring substituents is 1. The number of nitrogens with zero attached hydrogens (tertiary/aromatic N) is 1. The van der Waals surface area contributed by atoms with Crippen molar-refractivity contribution in [2.75, 3.05) is 0 Å². The number of hydrogen-bond donors (Lipinski definition) is 1. The summed E-state index contributed by atoms with van der Waals surface area (Å²) >= 11 is 3.86. The molecule has 64 valence electrons. The van der Waals surface area contributed by atoms with Crippen molar-refractivity contribution in [2.24, 2.45) is 0 Å². The average Bonchev–Trinajstić information content (AvgIpc) is 2.04. The maximum absolute atomic E-state index is 12.9. The van der Waals surface area contributed by atoms with Gasteiger partial charge in [0, 0.05) is 11.8 Å². The first-order chi connectivity index (χ1) is 5.65. The Morgan fingerprint density at radius 2 is 2.25 bits per heavy atom. The quantitative estimate of drug-likeness (QED) is 0.438. The van der Waals surface area contributed by atoms with Crippen LogP contribution in [0.2, 0.25) is 0 Å². The number of nitro benzene ring substituents is 1. The molecule has 0 unspecified atom stereocenters. The van der Waals surface area contributed by atoms with E-state index in [0.29, 0.717) is 5.56 Å². The van der Waals surface area contributed by atoms with Crippen molar-refractivity contribution in [2.45, 2.75) is 5.75 Å². The molecule has 5 heteroatoms. The fourth-order valence-electron chi connectivity index (χ4n) is 0.778. The molecule has 0 amide bonds. The van der Waals surface area contributed by atoms with E-state index in [4.69, 9.17) is 0 Å². The van der Waals surface area contributed by atoms with Gasteiger partial charge in [0.25, 0.3) is 5.69 Å². The Morgan fingerprint density at radius 1 is 1.58 bits per heavy atom. The lowest BCUT2D eigenvalue weighted by molar-refractivity contribution is -0.385. The van der Waals surface area contributed by atoms with E-state index in [9.17, 15) is 14.5 Å². The monoisotopic (exact) mass is 187 g/mol. The summed E-state index contributed by atoms with van der Waals surface area (Å²) in [5.74, 6) is -0.344. The van der Waals surface area contributed by atoms with E-state index < -0.39 is 10.7 Å². The molecule has 0 heterocycles. The smallest absolute Gasteiger partial charge is 0.258 e. The summed E-state index contributed by atoms with van der Waals surface area (Å²) in [6.07, 6.45) is 0. The third-order valence-electron chi connectivity index (χ3n) is 1.42. The molecule has 0 fully saturated rings. The fraction of sp³-hybridized carbons (Fsp3) is 0.143. The van der Waals surface area contributed by atoms with Gasteiger partial charge in [0.1, 0.15) is 5.82 Å². The molecule has 0 saturated heterocycles. The van der Waals surface area contributed by atoms with Crippen LogP contribution in [-0.2, 0) is 5.75 Å². The van der Waals surface area contributed by atoms with Crippen molar-refractivity contribution in [1.29, 1.82) is 0 Å². The second-order valence-corrected chi connectivity index (χ2v) is 2.51. The highest BCUT2D eigenvalue weighted by atomic mass is 32.1. The molecule has 0 aliphatic carbocycles. The van der Waals surface area contributed by atoms with Gasteiger partial charge in [-0.1, -0.05) is 0 Å². The third-order valence-corrected chi connectivity index (χ3v) is 1.76. The van der Waals surface area contributed by atoms with Crippen LogP contribution >= 0.6 is 12.6 Å². The number of thiol groups is 1. The maximum Gasteiger partial charge on any atom is 0.272 e. The Bertz CT molecular complexity index is 316. The van der Waals surface area contributed by atoms with Crippen LogP contribution in [0.1, 0.15) is 5.56 Å². The van der Waals surface area contributed by atoms with Gasteiger partial charge >= 0.3 is 0 Å². The molecule has 1 aromatic rings. The molecule has 0 N–H and O–H groups in total. The van der Waals surface area contributed by atoms with Gasteiger partial charge in [0.05, 0.1) is 11.0 Å². The Balaban J connectivity index is 3.10. The second-order valence-electron chi connectivity index (χ2n) is 2.19. The predicted molar refractivity (Wildman–Crippen MR) is 45.7 cm³/mol. The molecule has 0 aliphatic heterocycles. The molecule has 1 rings (SSSR count). The van der Waals surface area contributed by atoms with Gasteiger partial charge in [-0.25, -0.2) is 4.39 Å². The van der Waals surface area contributed by atoms with Crippen LogP contribution in [-0.4, -0.2) is 4.92 Å². The molecule has 0 atom stereocenters. The molecular weight excluding hydrogens is 181 g/mol. The van der Waals surface area contributed by atoms with Crippen molar-refractivity contribution >= 4 is 18.3 Å². The van der Waals surface area contributed by atoms with Gasteiger partial charge in [-0.15, -0.1) is 0 Å². The molecule has 0 aliphatic rings. The van der Waals surface area contributed by atoms with E-state index in [1.54, 1.807) is 0 Å². The van der Waals surface area contributed by atoms with E-state index in [0.717, 1.165) is 6.07 Å². The Hall–Kier alpha value is -1.10. The standard InChI is InChI=1S/C7H6FNO2S/c8-7-3-6(9(10)11)2-1-5(7)4-12/h1-3,12H,4H2. The molecule has 3 nitrogen and oxygen atoms in total. The molecule has 0 saturated carbocycles. The highest BCUT2D eigenvalue weighted by Crippen LogP contribution is 2.17. The Labute approximate surface area is 73.8 Å². The third kappa shape index (κ3) is 1.73. The summed E-state index contributed by atoms with van der Waals surface area (Å²) in [5.41, 5.74) is 0.127. The zero-order chi connectivity index (χ0) is 9.14. The lowest BCUT2D eigenvalue weighted by Gasteiger charge is -1.97. The molecule has 12 heavy (non-hydrogen) atoms. The highest BCUT2D eigenvalue weighted by molar-refractivity contribution is 7.79. The summed E-state index contributed by atoms with van der Waals surface area (Å²) in [7, 11) is 0. The molecule has 0 aromatic heterocycles. The van der Waals surface area contributed by atoms with Gasteiger partial charge < -0.3 is 0 Å². The largest absolute Gasteiger partial charge is 0.272 e. The number of nitro groups is 1. The lowest BCUT2D eigenvalue weighted by Crippen LogP contribution is -1.91. The van der Waals surface area contributed by atoms with Crippen LogP contribution in [0, 0.1) is 15.9 Å². The fourth-order valence-corrected chi connectivity index (χ4v) is 1.03.